The van der Waals surface area contributed by atoms with Gasteiger partial charge in [0.15, 0.2) is 5.82 Å². The molecule has 11 aromatic rings. The molecule has 0 N–H and O–H groups in total. The quantitative estimate of drug-likeness (QED) is 0.157. The van der Waals surface area contributed by atoms with Crippen molar-refractivity contribution in [3.63, 3.8) is 0 Å². The van der Waals surface area contributed by atoms with E-state index in [1.54, 1.807) is 0 Å². The van der Waals surface area contributed by atoms with Crippen molar-refractivity contribution in [3.8, 4) is 78.4 Å². The predicted octanol–water partition coefficient (Wildman–Crippen LogP) is 16.2. The molecule has 1 aromatic heterocycles. The molecule has 0 unspecified atom stereocenters. The third-order valence-electron chi connectivity index (χ3n) is 13.3. The zero-order valence-corrected chi connectivity index (χ0v) is 35.2. The summed E-state index contributed by atoms with van der Waals surface area (Å²) in [5, 5.41) is 7.49. The average Bonchev–Trinajstić information content (AvgIpc) is 3.57. The molecule has 296 valence electrons. The van der Waals surface area contributed by atoms with Crippen LogP contribution in [0.25, 0.3) is 111 Å². The van der Waals surface area contributed by atoms with Gasteiger partial charge in [-0.2, -0.15) is 0 Å². The lowest BCUT2D eigenvalue weighted by Crippen LogP contribution is -2.14. The van der Waals surface area contributed by atoms with Crippen molar-refractivity contribution in [1.82, 2.24) is 9.97 Å². The van der Waals surface area contributed by atoms with E-state index in [0.717, 1.165) is 44.8 Å². The second-order valence-corrected chi connectivity index (χ2v) is 17.3. The maximum absolute atomic E-state index is 5.29. The van der Waals surface area contributed by atoms with E-state index in [4.69, 9.17) is 9.97 Å². The Morgan fingerprint density at radius 3 is 1.51 bits per heavy atom. The minimum absolute atomic E-state index is 0.137. The zero-order valence-electron chi connectivity index (χ0n) is 35.2. The van der Waals surface area contributed by atoms with E-state index in [2.05, 4.69) is 226 Å². The summed E-state index contributed by atoms with van der Waals surface area (Å²) in [5.41, 5.74) is 17.4. The van der Waals surface area contributed by atoms with Crippen LogP contribution in [-0.4, -0.2) is 9.97 Å². The molecular formula is C61H42N2. The highest BCUT2D eigenvalue weighted by atomic mass is 14.9. The van der Waals surface area contributed by atoms with Gasteiger partial charge < -0.3 is 0 Å². The second kappa shape index (κ2) is 14.6. The molecule has 2 nitrogen and oxygen atoms in total. The fourth-order valence-corrected chi connectivity index (χ4v) is 10.3. The highest BCUT2D eigenvalue weighted by molar-refractivity contribution is 6.23. The lowest BCUT2D eigenvalue weighted by Gasteiger charge is -2.23. The minimum atomic E-state index is -0.137. The van der Waals surface area contributed by atoms with Gasteiger partial charge >= 0.3 is 0 Å². The van der Waals surface area contributed by atoms with E-state index in [0.29, 0.717) is 5.82 Å². The molecule has 0 saturated heterocycles. The van der Waals surface area contributed by atoms with Crippen molar-refractivity contribution in [2.24, 2.45) is 0 Å². The number of fused-ring (bicyclic) bond motifs is 6. The van der Waals surface area contributed by atoms with Crippen LogP contribution in [0.2, 0.25) is 0 Å². The van der Waals surface area contributed by atoms with E-state index in [1.165, 1.54) is 71.3 Å². The third-order valence-corrected chi connectivity index (χ3v) is 13.3. The lowest BCUT2D eigenvalue weighted by atomic mass is 9.80. The normalized spacial score (nSPS) is 12.7. The average molecular weight is 803 g/mol. The fraction of sp³-hybridized carbons (Fsp3) is 0.0492. The molecule has 0 amide bonds. The molecule has 0 saturated carbocycles. The molecule has 0 aliphatic heterocycles. The van der Waals surface area contributed by atoms with Crippen LogP contribution in [0.1, 0.15) is 25.0 Å². The van der Waals surface area contributed by atoms with E-state index in [9.17, 15) is 0 Å². The Hall–Kier alpha value is -7.94. The summed E-state index contributed by atoms with van der Waals surface area (Å²) in [6.45, 7) is 4.77. The van der Waals surface area contributed by atoms with Gasteiger partial charge in [-0.1, -0.05) is 208 Å². The molecule has 0 spiro atoms. The molecule has 1 aliphatic rings. The molecule has 0 bridgehead atoms. The van der Waals surface area contributed by atoms with Gasteiger partial charge in [0.05, 0.1) is 11.4 Å². The number of benzene rings is 10. The van der Waals surface area contributed by atoms with Gasteiger partial charge in [-0.15, -0.1) is 0 Å². The summed E-state index contributed by atoms with van der Waals surface area (Å²) < 4.78 is 0. The first-order valence-corrected chi connectivity index (χ1v) is 21.8. The summed E-state index contributed by atoms with van der Waals surface area (Å²) in [5.74, 6) is 0.699. The van der Waals surface area contributed by atoms with Gasteiger partial charge in [-0.25, -0.2) is 9.97 Å². The SMILES string of the molecule is CC1(C)c2cc3ccccc3cc2-c2c(-c3c4ccccc4c(-c4cccc(-c5cc(-c6ccccc6-c6ccccc6)nc(-c6ccccc6)n5)c4)c4ccccc34)cccc21. The van der Waals surface area contributed by atoms with Crippen molar-refractivity contribution in [3.05, 3.63) is 230 Å². The molecule has 63 heavy (non-hydrogen) atoms. The number of hydrogen-bond donors (Lipinski definition) is 0. The van der Waals surface area contributed by atoms with Crippen LogP contribution in [0.3, 0.4) is 0 Å². The highest BCUT2D eigenvalue weighted by Gasteiger charge is 2.37. The smallest absolute Gasteiger partial charge is 0.160 e. The van der Waals surface area contributed by atoms with Crippen molar-refractivity contribution in [2.75, 3.05) is 0 Å². The van der Waals surface area contributed by atoms with Crippen molar-refractivity contribution < 1.29 is 0 Å². The van der Waals surface area contributed by atoms with Crippen LogP contribution < -0.4 is 0 Å². The maximum Gasteiger partial charge on any atom is 0.160 e. The molecule has 1 aliphatic carbocycles. The Labute approximate surface area is 367 Å². The molecule has 0 radical (unpaired) electrons. The number of nitrogens with zero attached hydrogens (tertiary/aromatic N) is 2. The van der Waals surface area contributed by atoms with Crippen LogP contribution in [0, 0.1) is 0 Å². The fourth-order valence-electron chi connectivity index (χ4n) is 10.3. The summed E-state index contributed by atoms with van der Waals surface area (Å²) in [7, 11) is 0. The minimum Gasteiger partial charge on any atom is -0.228 e. The van der Waals surface area contributed by atoms with E-state index in [1.807, 2.05) is 6.07 Å². The van der Waals surface area contributed by atoms with Crippen LogP contribution in [0.15, 0.2) is 218 Å². The Kier molecular flexibility index (Phi) is 8.55. The number of hydrogen-bond acceptors (Lipinski definition) is 2. The molecule has 2 heteroatoms. The van der Waals surface area contributed by atoms with E-state index < -0.39 is 0 Å². The Balaban J connectivity index is 1.07. The van der Waals surface area contributed by atoms with Gasteiger partial charge in [0.1, 0.15) is 0 Å². The lowest BCUT2D eigenvalue weighted by molar-refractivity contribution is 0.661. The number of rotatable bonds is 6. The summed E-state index contributed by atoms with van der Waals surface area (Å²) >= 11 is 0. The molecule has 0 atom stereocenters. The maximum atomic E-state index is 5.29. The summed E-state index contributed by atoms with van der Waals surface area (Å²) in [6.07, 6.45) is 0. The van der Waals surface area contributed by atoms with Gasteiger partial charge in [-0.05, 0) is 112 Å². The molecule has 0 fully saturated rings. The zero-order chi connectivity index (χ0) is 42.1. The Morgan fingerprint density at radius 2 is 0.810 bits per heavy atom. The topological polar surface area (TPSA) is 25.8 Å². The van der Waals surface area contributed by atoms with Crippen molar-refractivity contribution in [1.29, 1.82) is 0 Å². The Morgan fingerprint density at radius 1 is 0.302 bits per heavy atom. The van der Waals surface area contributed by atoms with Crippen molar-refractivity contribution >= 4 is 32.3 Å². The predicted molar refractivity (Wildman–Crippen MR) is 265 cm³/mol. The molecule has 1 heterocycles. The molecule has 10 aromatic carbocycles. The Bertz CT molecular complexity index is 3530. The summed E-state index contributed by atoms with van der Waals surface area (Å²) in [6, 6.07) is 79.1. The highest BCUT2D eigenvalue weighted by Crippen LogP contribution is 2.55. The first-order valence-electron chi connectivity index (χ1n) is 21.8. The molecule has 12 rings (SSSR count). The molecular weight excluding hydrogens is 761 g/mol. The van der Waals surface area contributed by atoms with Crippen LogP contribution >= 0.6 is 0 Å². The van der Waals surface area contributed by atoms with Gasteiger partial charge in [0.2, 0.25) is 0 Å². The van der Waals surface area contributed by atoms with Crippen molar-refractivity contribution in [2.45, 2.75) is 19.3 Å². The van der Waals surface area contributed by atoms with E-state index >= 15 is 0 Å². The monoisotopic (exact) mass is 802 g/mol. The third kappa shape index (κ3) is 6.02. The van der Waals surface area contributed by atoms with Gasteiger partial charge in [0, 0.05) is 22.1 Å². The van der Waals surface area contributed by atoms with Gasteiger partial charge in [0.25, 0.3) is 0 Å². The first kappa shape index (κ1) is 36.9. The van der Waals surface area contributed by atoms with Gasteiger partial charge in [-0.3, -0.25) is 0 Å². The van der Waals surface area contributed by atoms with Crippen LogP contribution in [0.5, 0.6) is 0 Å². The van der Waals surface area contributed by atoms with E-state index in [-0.39, 0.29) is 5.41 Å². The summed E-state index contributed by atoms with van der Waals surface area (Å²) in [4.78, 5) is 10.5. The van der Waals surface area contributed by atoms with Crippen LogP contribution in [-0.2, 0) is 5.41 Å². The first-order chi connectivity index (χ1) is 31.0. The largest absolute Gasteiger partial charge is 0.228 e. The second-order valence-electron chi connectivity index (χ2n) is 17.3. The number of aromatic nitrogens is 2. The standard InChI is InChI=1S/C61H42N2/c1-61(2)53-34-18-33-51(59(53)52-36-41-23-9-10-24-42(41)37-54(52)61)58-49-31-15-13-29-47(49)57(48-30-14-16-32-50(48)58)44-26-17-25-43(35-44)55-38-56(63-60(62-55)40-21-7-4-8-22-40)46-28-12-11-27-45(46)39-19-5-3-6-20-39/h3-38H,1-2H3. The van der Waals surface area contributed by atoms with Crippen LogP contribution in [0.4, 0.5) is 0 Å².